The molecule has 0 fully saturated rings. The SMILES string of the molecule is CCOC(=O)/C=C(\C)NC(=O)C(C)n1cc(Cl)c(C)n1. The monoisotopic (exact) mass is 299 g/mol. The number of hydrogen-bond acceptors (Lipinski definition) is 4. The van der Waals surface area contributed by atoms with Gasteiger partial charge in [0.2, 0.25) is 5.91 Å². The number of esters is 1. The highest BCUT2D eigenvalue weighted by Crippen LogP contribution is 2.16. The number of halogens is 1. The maximum absolute atomic E-state index is 12.0. The van der Waals surface area contributed by atoms with Crippen molar-refractivity contribution in [2.75, 3.05) is 6.61 Å². The number of aromatic nitrogens is 2. The average Bonchev–Trinajstić information content (AvgIpc) is 2.68. The molecule has 0 bridgehead atoms. The lowest BCUT2D eigenvalue weighted by Crippen LogP contribution is -2.30. The van der Waals surface area contributed by atoms with Gasteiger partial charge in [-0.1, -0.05) is 11.6 Å². The molecule has 0 saturated carbocycles. The lowest BCUT2D eigenvalue weighted by atomic mass is 10.3. The van der Waals surface area contributed by atoms with E-state index in [0.717, 1.165) is 0 Å². The van der Waals surface area contributed by atoms with Gasteiger partial charge >= 0.3 is 5.97 Å². The second kappa shape index (κ2) is 7.09. The zero-order valence-electron chi connectivity index (χ0n) is 11.9. The van der Waals surface area contributed by atoms with Crippen molar-refractivity contribution in [3.63, 3.8) is 0 Å². The first-order valence-corrected chi connectivity index (χ1v) is 6.60. The quantitative estimate of drug-likeness (QED) is 0.666. The van der Waals surface area contributed by atoms with Gasteiger partial charge in [0.1, 0.15) is 6.04 Å². The Bertz CT molecular complexity index is 517. The molecule has 1 unspecified atom stereocenters. The van der Waals surface area contributed by atoms with Crippen molar-refractivity contribution in [1.82, 2.24) is 15.1 Å². The average molecular weight is 300 g/mol. The van der Waals surface area contributed by atoms with Crippen LogP contribution in [0.25, 0.3) is 0 Å². The maximum Gasteiger partial charge on any atom is 0.332 e. The summed E-state index contributed by atoms with van der Waals surface area (Å²) in [6, 6.07) is -0.535. The predicted octanol–water partition coefficient (Wildman–Crippen LogP) is 1.99. The van der Waals surface area contributed by atoms with E-state index in [1.54, 1.807) is 33.9 Å². The molecule has 1 aromatic heterocycles. The number of hydrogen-bond donors (Lipinski definition) is 1. The van der Waals surface area contributed by atoms with Crippen molar-refractivity contribution < 1.29 is 14.3 Å². The van der Waals surface area contributed by atoms with Gasteiger partial charge < -0.3 is 10.1 Å². The second-order valence-electron chi connectivity index (χ2n) is 4.29. The Hall–Kier alpha value is -1.82. The van der Waals surface area contributed by atoms with E-state index in [9.17, 15) is 9.59 Å². The van der Waals surface area contributed by atoms with Crippen LogP contribution in [0.2, 0.25) is 5.02 Å². The topological polar surface area (TPSA) is 73.2 Å². The van der Waals surface area contributed by atoms with Crippen LogP contribution >= 0.6 is 11.6 Å². The molecule has 1 heterocycles. The van der Waals surface area contributed by atoms with E-state index in [2.05, 4.69) is 10.4 Å². The van der Waals surface area contributed by atoms with Crippen LogP contribution in [0.15, 0.2) is 18.0 Å². The lowest BCUT2D eigenvalue weighted by Gasteiger charge is -2.12. The van der Waals surface area contributed by atoms with Crippen molar-refractivity contribution in [2.45, 2.75) is 33.7 Å². The van der Waals surface area contributed by atoms with Crippen LogP contribution in [0.3, 0.4) is 0 Å². The first-order valence-electron chi connectivity index (χ1n) is 6.22. The van der Waals surface area contributed by atoms with E-state index >= 15 is 0 Å². The minimum Gasteiger partial charge on any atom is -0.463 e. The first-order chi connectivity index (χ1) is 9.35. The summed E-state index contributed by atoms with van der Waals surface area (Å²) >= 11 is 5.90. The van der Waals surface area contributed by atoms with Gasteiger partial charge in [0.05, 0.1) is 17.3 Å². The van der Waals surface area contributed by atoms with Gasteiger partial charge in [-0.3, -0.25) is 9.48 Å². The molecule has 0 aliphatic rings. The number of aryl methyl sites for hydroxylation is 1. The van der Waals surface area contributed by atoms with Gasteiger partial charge in [-0.05, 0) is 27.7 Å². The number of ether oxygens (including phenoxy) is 1. The highest BCUT2D eigenvalue weighted by Gasteiger charge is 2.17. The zero-order valence-corrected chi connectivity index (χ0v) is 12.7. The molecule has 1 aromatic rings. The third kappa shape index (κ3) is 4.38. The number of nitrogens with zero attached hydrogens (tertiary/aromatic N) is 2. The molecule has 1 atom stereocenters. The highest BCUT2D eigenvalue weighted by molar-refractivity contribution is 6.31. The summed E-state index contributed by atoms with van der Waals surface area (Å²) in [4.78, 5) is 23.2. The van der Waals surface area contributed by atoms with Crippen LogP contribution in [0.5, 0.6) is 0 Å². The maximum atomic E-state index is 12.0. The summed E-state index contributed by atoms with van der Waals surface area (Å²) in [5.74, 6) is -0.779. The van der Waals surface area contributed by atoms with Crippen molar-refractivity contribution >= 4 is 23.5 Å². The molecule has 1 N–H and O–H groups in total. The summed E-state index contributed by atoms with van der Waals surface area (Å²) in [5.41, 5.74) is 1.07. The Labute approximate surface area is 122 Å². The minimum atomic E-state index is -0.535. The molecule has 0 aliphatic carbocycles. The van der Waals surface area contributed by atoms with Gasteiger partial charge in [-0.15, -0.1) is 0 Å². The summed E-state index contributed by atoms with van der Waals surface area (Å²) in [6.45, 7) is 7.07. The summed E-state index contributed by atoms with van der Waals surface area (Å²) in [5, 5.41) is 7.26. The zero-order chi connectivity index (χ0) is 15.3. The van der Waals surface area contributed by atoms with Crippen molar-refractivity contribution in [3.05, 3.63) is 28.7 Å². The molecule has 110 valence electrons. The molecule has 1 rings (SSSR count). The van der Waals surface area contributed by atoms with Crippen molar-refractivity contribution in [3.8, 4) is 0 Å². The van der Waals surface area contributed by atoms with E-state index in [1.165, 1.54) is 10.8 Å². The molecule has 1 amide bonds. The van der Waals surface area contributed by atoms with Gasteiger partial charge in [0.25, 0.3) is 0 Å². The summed E-state index contributed by atoms with van der Waals surface area (Å²) in [6.07, 6.45) is 2.82. The molecule has 0 radical (unpaired) electrons. The Morgan fingerprint density at radius 1 is 1.60 bits per heavy atom. The Balaban J connectivity index is 2.68. The summed E-state index contributed by atoms with van der Waals surface area (Å²) < 4.78 is 6.23. The second-order valence-corrected chi connectivity index (χ2v) is 4.69. The van der Waals surface area contributed by atoms with Crippen molar-refractivity contribution in [2.24, 2.45) is 0 Å². The molecule has 6 nitrogen and oxygen atoms in total. The smallest absolute Gasteiger partial charge is 0.332 e. The van der Waals surface area contributed by atoms with Crippen LogP contribution in [-0.2, 0) is 14.3 Å². The van der Waals surface area contributed by atoms with E-state index < -0.39 is 12.0 Å². The molecule has 0 aromatic carbocycles. The number of allylic oxidation sites excluding steroid dienone is 1. The third-order valence-corrected chi connectivity index (χ3v) is 2.95. The first kappa shape index (κ1) is 16.2. The fourth-order valence-electron chi connectivity index (χ4n) is 1.47. The van der Waals surface area contributed by atoms with E-state index in [1.807, 2.05) is 0 Å². The van der Waals surface area contributed by atoms with Crippen LogP contribution in [-0.4, -0.2) is 28.3 Å². The number of rotatable bonds is 5. The number of nitrogens with one attached hydrogen (secondary N) is 1. The Morgan fingerprint density at radius 3 is 2.75 bits per heavy atom. The molecule has 0 saturated heterocycles. The highest BCUT2D eigenvalue weighted by atomic mass is 35.5. The largest absolute Gasteiger partial charge is 0.463 e. The van der Waals surface area contributed by atoms with Gasteiger partial charge in [-0.25, -0.2) is 4.79 Å². The van der Waals surface area contributed by atoms with Gasteiger partial charge in [0.15, 0.2) is 0 Å². The molecule has 0 aliphatic heterocycles. The van der Waals surface area contributed by atoms with Crippen molar-refractivity contribution in [1.29, 1.82) is 0 Å². The molecule has 7 heteroatoms. The lowest BCUT2D eigenvalue weighted by molar-refractivity contribution is -0.137. The van der Waals surface area contributed by atoms with Crippen LogP contribution in [0.1, 0.15) is 32.5 Å². The van der Waals surface area contributed by atoms with E-state index in [-0.39, 0.29) is 12.5 Å². The fourth-order valence-corrected chi connectivity index (χ4v) is 1.61. The van der Waals surface area contributed by atoms with E-state index in [4.69, 9.17) is 16.3 Å². The number of carbonyl (C=O) groups is 2. The van der Waals surface area contributed by atoms with Crippen LogP contribution in [0.4, 0.5) is 0 Å². The number of carbonyl (C=O) groups excluding carboxylic acids is 2. The predicted molar refractivity (Wildman–Crippen MR) is 75.2 cm³/mol. The van der Waals surface area contributed by atoms with Gasteiger partial charge in [-0.2, -0.15) is 5.10 Å². The Morgan fingerprint density at radius 2 is 2.25 bits per heavy atom. The van der Waals surface area contributed by atoms with Crippen LogP contribution < -0.4 is 5.32 Å². The van der Waals surface area contributed by atoms with E-state index in [0.29, 0.717) is 16.4 Å². The standard InChI is InChI=1S/C13H18ClN3O3/c1-5-20-12(18)6-8(2)15-13(19)10(4)17-7-11(14)9(3)16-17/h6-7,10H,5H2,1-4H3,(H,15,19)/b8-6+. The minimum absolute atomic E-state index is 0.290. The van der Waals surface area contributed by atoms with Crippen LogP contribution in [0, 0.1) is 6.92 Å². The fraction of sp³-hybridized carbons (Fsp3) is 0.462. The number of amides is 1. The third-order valence-electron chi connectivity index (χ3n) is 2.57. The summed E-state index contributed by atoms with van der Waals surface area (Å²) in [7, 11) is 0. The Kier molecular flexibility index (Phi) is 5.76. The van der Waals surface area contributed by atoms with Gasteiger partial charge in [0, 0.05) is 18.0 Å². The molecular formula is C13H18ClN3O3. The molecular weight excluding hydrogens is 282 g/mol. The molecule has 0 spiro atoms. The molecule has 20 heavy (non-hydrogen) atoms. The normalized spacial score (nSPS) is 12.9.